The lowest BCUT2D eigenvalue weighted by Crippen LogP contribution is -2.43. The van der Waals surface area contributed by atoms with E-state index in [1.54, 1.807) is 18.2 Å². The van der Waals surface area contributed by atoms with E-state index >= 15 is 0 Å². The number of hydrogen-bond acceptors (Lipinski definition) is 3. The van der Waals surface area contributed by atoms with E-state index in [1.807, 2.05) is 0 Å². The number of amides is 1. The molecule has 0 fully saturated rings. The van der Waals surface area contributed by atoms with Crippen molar-refractivity contribution >= 4 is 11.9 Å². The Morgan fingerprint density at radius 1 is 1.37 bits per heavy atom. The molecule has 0 aliphatic rings. The van der Waals surface area contributed by atoms with Crippen LogP contribution in [0, 0.1) is 5.82 Å². The van der Waals surface area contributed by atoms with E-state index in [-0.39, 0.29) is 18.8 Å². The molecule has 1 unspecified atom stereocenters. The monoisotopic (exact) mass is 268 g/mol. The van der Waals surface area contributed by atoms with E-state index in [2.05, 4.69) is 5.32 Å². The molecule has 0 aliphatic carbocycles. The number of carbonyl (C=O) groups excluding carboxylic acids is 1. The van der Waals surface area contributed by atoms with E-state index < -0.39 is 17.9 Å². The highest BCUT2D eigenvalue weighted by molar-refractivity contribution is 5.84. The van der Waals surface area contributed by atoms with Crippen LogP contribution >= 0.6 is 0 Å². The number of carbonyl (C=O) groups is 2. The van der Waals surface area contributed by atoms with E-state index in [9.17, 15) is 14.0 Å². The maximum Gasteiger partial charge on any atom is 0.326 e. The quantitative estimate of drug-likeness (QED) is 0.678. The third kappa shape index (κ3) is 5.05. The summed E-state index contributed by atoms with van der Waals surface area (Å²) in [6.07, 6.45) is 1.12. The molecule has 0 bridgehead atoms. The molecule has 19 heavy (non-hydrogen) atoms. The van der Waals surface area contributed by atoms with Crippen molar-refractivity contribution < 1.29 is 19.1 Å². The Kier molecular flexibility index (Phi) is 5.95. The fourth-order valence-electron chi connectivity index (χ4n) is 1.71. The Morgan fingerprint density at radius 3 is 2.63 bits per heavy atom. The van der Waals surface area contributed by atoms with Crippen LogP contribution in [0.4, 0.5) is 4.39 Å². The van der Waals surface area contributed by atoms with Crippen molar-refractivity contribution in [2.45, 2.75) is 25.3 Å². The van der Waals surface area contributed by atoms with Crippen molar-refractivity contribution in [1.29, 1.82) is 0 Å². The number of carboxylic acid groups (broad SMARTS) is 1. The van der Waals surface area contributed by atoms with Crippen molar-refractivity contribution in [2.75, 3.05) is 6.54 Å². The highest BCUT2D eigenvalue weighted by Gasteiger charge is 2.18. The number of aryl methyl sites for hydroxylation is 1. The topological polar surface area (TPSA) is 92.4 Å². The van der Waals surface area contributed by atoms with Crippen LogP contribution in [0.15, 0.2) is 24.3 Å². The predicted octanol–water partition coefficient (Wildman–Crippen LogP) is 0.676. The number of benzene rings is 1. The number of hydrogen-bond donors (Lipinski definition) is 3. The Labute approximate surface area is 110 Å². The SMILES string of the molecule is NCC(=O)NC(CCCc1ccccc1F)C(=O)O. The van der Waals surface area contributed by atoms with Crippen LogP contribution in [0.3, 0.4) is 0 Å². The summed E-state index contributed by atoms with van der Waals surface area (Å²) in [5.74, 6) is -1.94. The van der Waals surface area contributed by atoms with Gasteiger partial charge in [0.05, 0.1) is 6.54 Å². The summed E-state index contributed by atoms with van der Waals surface area (Å²) < 4.78 is 13.3. The smallest absolute Gasteiger partial charge is 0.326 e. The normalized spacial score (nSPS) is 11.9. The number of nitrogens with one attached hydrogen (secondary N) is 1. The first-order valence-electron chi connectivity index (χ1n) is 6.00. The molecule has 1 rings (SSSR count). The largest absolute Gasteiger partial charge is 0.480 e. The summed E-state index contributed by atoms with van der Waals surface area (Å²) >= 11 is 0. The number of carboxylic acids is 1. The average Bonchev–Trinajstić information content (AvgIpc) is 2.39. The summed E-state index contributed by atoms with van der Waals surface area (Å²) in [6, 6.07) is 5.36. The third-order valence-corrected chi connectivity index (χ3v) is 2.72. The fraction of sp³-hybridized carbons (Fsp3) is 0.385. The number of nitrogens with two attached hydrogens (primary N) is 1. The molecule has 6 heteroatoms. The molecule has 5 nitrogen and oxygen atoms in total. The first-order chi connectivity index (χ1) is 9.04. The zero-order chi connectivity index (χ0) is 14.3. The first kappa shape index (κ1) is 15.1. The van der Waals surface area contributed by atoms with E-state index in [0.717, 1.165) is 0 Å². The van der Waals surface area contributed by atoms with Gasteiger partial charge < -0.3 is 16.2 Å². The summed E-state index contributed by atoms with van der Waals surface area (Å²) in [5, 5.41) is 11.2. The molecule has 0 aliphatic heterocycles. The Bertz CT molecular complexity index is 451. The Hall–Kier alpha value is -1.95. The third-order valence-electron chi connectivity index (χ3n) is 2.72. The summed E-state index contributed by atoms with van der Waals surface area (Å²) in [7, 11) is 0. The molecular formula is C13H17FN2O3. The minimum Gasteiger partial charge on any atom is -0.480 e. The van der Waals surface area contributed by atoms with Crippen LogP contribution in [-0.4, -0.2) is 29.6 Å². The first-order valence-corrected chi connectivity index (χ1v) is 6.00. The van der Waals surface area contributed by atoms with Crippen molar-refractivity contribution in [1.82, 2.24) is 5.32 Å². The second kappa shape index (κ2) is 7.48. The predicted molar refractivity (Wildman–Crippen MR) is 68.0 cm³/mol. The summed E-state index contributed by atoms with van der Waals surface area (Å²) in [4.78, 5) is 22.0. The van der Waals surface area contributed by atoms with Gasteiger partial charge >= 0.3 is 5.97 Å². The molecule has 0 spiro atoms. The van der Waals surface area contributed by atoms with Crippen LogP contribution in [-0.2, 0) is 16.0 Å². The molecule has 104 valence electrons. The molecule has 4 N–H and O–H groups in total. The van der Waals surface area contributed by atoms with E-state index in [1.165, 1.54) is 6.07 Å². The van der Waals surface area contributed by atoms with Crippen LogP contribution in [0.5, 0.6) is 0 Å². The van der Waals surface area contributed by atoms with Crippen molar-refractivity contribution in [3.8, 4) is 0 Å². The minimum absolute atomic E-state index is 0.232. The van der Waals surface area contributed by atoms with E-state index in [0.29, 0.717) is 18.4 Å². The fourth-order valence-corrected chi connectivity index (χ4v) is 1.71. The van der Waals surface area contributed by atoms with Crippen molar-refractivity contribution in [3.63, 3.8) is 0 Å². The van der Waals surface area contributed by atoms with E-state index in [4.69, 9.17) is 10.8 Å². The highest BCUT2D eigenvalue weighted by Crippen LogP contribution is 2.11. The van der Waals surface area contributed by atoms with Gasteiger partial charge in [0.25, 0.3) is 0 Å². The summed E-state index contributed by atoms with van der Waals surface area (Å²) in [6.45, 7) is -0.253. The van der Waals surface area contributed by atoms with Gasteiger partial charge in [0.2, 0.25) is 5.91 Å². The maximum absolute atomic E-state index is 13.3. The van der Waals surface area contributed by atoms with Gasteiger partial charge in [0, 0.05) is 0 Å². The van der Waals surface area contributed by atoms with Gasteiger partial charge in [-0.25, -0.2) is 9.18 Å². The molecule has 0 saturated carbocycles. The van der Waals surface area contributed by atoms with Gasteiger partial charge in [0.1, 0.15) is 11.9 Å². The average molecular weight is 268 g/mol. The molecule has 0 aromatic heterocycles. The standard InChI is InChI=1S/C13H17FN2O3/c14-10-6-2-1-4-9(10)5-3-7-11(13(18)19)16-12(17)8-15/h1-2,4,6,11H,3,5,7-8,15H2,(H,16,17)(H,18,19). The molecule has 0 radical (unpaired) electrons. The van der Waals surface area contributed by atoms with Crippen molar-refractivity contribution in [3.05, 3.63) is 35.6 Å². The Balaban J connectivity index is 2.47. The molecule has 1 aromatic carbocycles. The van der Waals surface area contributed by atoms with Gasteiger partial charge in [-0.05, 0) is 30.9 Å². The molecule has 0 heterocycles. The highest BCUT2D eigenvalue weighted by atomic mass is 19.1. The Morgan fingerprint density at radius 2 is 2.05 bits per heavy atom. The molecule has 1 atom stereocenters. The number of rotatable bonds is 7. The lowest BCUT2D eigenvalue weighted by molar-refractivity contribution is -0.141. The zero-order valence-corrected chi connectivity index (χ0v) is 10.4. The van der Waals surface area contributed by atoms with Gasteiger partial charge in [-0.3, -0.25) is 4.79 Å². The lowest BCUT2D eigenvalue weighted by Gasteiger charge is -2.13. The van der Waals surface area contributed by atoms with Crippen LogP contribution in [0.2, 0.25) is 0 Å². The van der Waals surface area contributed by atoms with Gasteiger partial charge in [-0.15, -0.1) is 0 Å². The van der Waals surface area contributed by atoms with Gasteiger partial charge in [0.15, 0.2) is 0 Å². The molecule has 1 amide bonds. The zero-order valence-electron chi connectivity index (χ0n) is 10.4. The summed E-state index contributed by atoms with van der Waals surface area (Å²) in [5.41, 5.74) is 5.64. The van der Waals surface area contributed by atoms with Crippen molar-refractivity contribution in [2.24, 2.45) is 5.73 Å². The second-order valence-electron chi connectivity index (χ2n) is 4.15. The van der Waals surface area contributed by atoms with Crippen LogP contribution in [0.1, 0.15) is 18.4 Å². The second-order valence-corrected chi connectivity index (χ2v) is 4.15. The van der Waals surface area contributed by atoms with Crippen LogP contribution in [0.25, 0.3) is 0 Å². The van der Waals surface area contributed by atoms with Gasteiger partial charge in [-0.1, -0.05) is 18.2 Å². The molecular weight excluding hydrogens is 251 g/mol. The molecule has 0 saturated heterocycles. The maximum atomic E-state index is 13.3. The molecule has 1 aromatic rings. The van der Waals surface area contributed by atoms with Gasteiger partial charge in [-0.2, -0.15) is 0 Å². The van der Waals surface area contributed by atoms with Crippen LogP contribution < -0.4 is 11.1 Å². The number of halogens is 1. The number of aliphatic carboxylic acids is 1. The lowest BCUT2D eigenvalue weighted by atomic mass is 10.0. The minimum atomic E-state index is -1.12.